The molecule has 2 fully saturated rings. The van der Waals surface area contributed by atoms with E-state index in [9.17, 15) is 29.1 Å². The van der Waals surface area contributed by atoms with E-state index < -0.39 is 48.2 Å². The van der Waals surface area contributed by atoms with Gasteiger partial charge in [0.1, 0.15) is 18.1 Å². The second-order valence-electron chi connectivity index (χ2n) is 7.14. The number of carboxylic acid groups (broad SMARTS) is 1. The molecule has 0 spiro atoms. The molecule has 2 saturated heterocycles. The van der Waals surface area contributed by atoms with Gasteiger partial charge in [-0.3, -0.25) is 19.2 Å². The number of rotatable bonds is 8. The Kier molecular flexibility index (Phi) is 7.32. The van der Waals surface area contributed by atoms with Gasteiger partial charge in [0.05, 0.1) is 12.5 Å². The average Bonchev–Trinajstić information content (AvgIpc) is 3.31. The number of nitrogens with two attached hydrogens (primary N) is 1. The third-order valence-electron chi connectivity index (χ3n) is 4.97. The van der Waals surface area contributed by atoms with Crippen LogP contribution in [0.4, 0.5) is 0 Å². The molecule has 2 aliphatic rings. The molecule has 0 aromatic carbocycles. The lowest BCUT2D eigenvalue weighted by molar-refractivity contribution is -0.149. The summed E-state index contributed by atoms with van der Waals surface area (Å²) in [6.07, 6.45) is 1.90. The number of nitrogens with one attached hydrogen (secondary N) is 3. The van der Waals surface area contributed by atoms with Crippen LogP contribution in [-0.4, -0.2) is 76.9 Å². The maximum Gasteiger partial charge on any atom is 0.326 e. The summed E-state index contributed by atoms with van der Waals surface area (Å²) in [5.41, 5.74) is 5.18. The van der Waals surface area contributed by atoms with E-state index in [0.717, 1.165) is 17.9 Å². The van der Waals surface area contributed by atoms with Gasteiger partial charge in [-0.05, 0) is 39.2 Å². The number of carbonyl (C=O) groups is 5. The topological polar surface area (TPSA) is 171 Å². The van der Waals surface area contributed by atoms with Crippen molar-refractivity contribution in [2.45, 2.75) is 63.2 Å². The van der Waals surface area contributed by atoms with Crippen LogP contribution in [0.5, 0.6) is 0 Å². The van der Waals surface area contributed by atoms with Gasteiger partial charge >= 0.3 is 5.97 Å². The largest absolute Gasteiger partial charge is 0.480 e. The highest BCUT2D eigenvalue weighted by Gasteiger charge is 2.38. The summed E-state index contributed by atoms with van der Waals surface area (Å²) in [6.45, 7) is 2.42. The van der Waals surface area contributed by atoms with Gasteiger partial charge in [-0.25, -0.2) is 4.79 Å². The predicted molar refractivity (Wildman–Crippen MR) is 96.7 cm³/mol. The lowest BCUT2D eigenvalue weighted by Gasteiger charge is -2.27. The molecule has 0 aliphatic carbocycles. The van der Waals surface area contributed by atoms with Crippen LogP contribution in [0.15, 0.2) is 0 Å². The first-order chi connectivity index (χ1) is 13.2. The fraction of sp³-hybridized carbons (Fsp3) is 0.706. The Balaban J connectivity index is 2.00. The van der Waals surface area contributed by atoms with E-state index in [1.165, 1.54) is 6.92 Å². The van der Waals surface area contributed by atoms with E-state index in [1.54, 1.807) is 0 Å². The molecule has 0 bridgehead atoms. The van der Waals surface area contributed by atoms with E-state index in [1.807, 2.05) is 0 Å². The standard InChI is InChI=1S/C17H27N5O6/c1-9(20-15(25)10-4-2-6-19-10)14(24)21-11(8-13(18)23)16(26)22-7-3-5-12(22)17(27)28/h9-12,19H,2-8H2,1H3,(H2,18,23)(H,20,25)(H,21,24)(H,27,28). The molecule has 2 rings (SSSR count). The third-order valence-corrected chi connectivity index (χ3v) is 4.97. The van der Waals surface area contributed by atoms with Crippen molar-refractivity contribution in [3.8, 4) is 0 Å². The second kappa shape index (κ2) is 9.49. The smallest absolute Gasteiger partial charge is 0.326 e. The van der Waals surface area contributed by atoms with Crippen LogP contribution in [0.3, 0.4) is 0 Å². The Morgan fingerprint density at radius 2 is 1.89 bits per heavy atom. The predicted octanol–water partition coefficient (Wildman–Crippen LogP) is -2.32. The Bertz CT molecular complexity index is 648. The molecule has 0 saturated carbocycles. The molecule has 0 aromatic rings. The van der Waals surface area contributed by atoms with Crippen molar-refractivity contribution < 1.29 is 29.1 Å². The van der Waals surface area contributed by atoms with E-state index in [0.29, 0.717) is 19.3 Å². The molecule has 11 heteroatoms. The minimum absolute atomic E-state index is 0.223. The van der Waals surface area contributed by atoms with Gasteiger partial charge in [0.15, 0.2) is 0 Å². The van der Waals surface area contributed by atoms with Crippen molar-refractivity contribution in [3.63, 3.8) is 0 Å². The summed E-state index contributed by atoms with van der Waals surface area (Å²) < 4.78 is 0. The van der Waals surface area contributed by atoms with Crippen LogP contribution < -0.4 is 21.7 Å². The zero-order valence-electron chi connectivity index (χ0n) is 15.8. The quantitative estimate of drug-likeness (QED) is 0.306. The highest BCUT2D eigenvalue weighted by atomic mass is 16.4. The van der Waals surface area contributed by atoms with E-state index in [4.69, 9.17) is 5.73 Å². The van der Waals surface area contributed by atoms with E-state index in [-0.39, 0.29) is 18.5 Å². The molecule has 2 heterocycles. The molecule has 4 atom stereocenters. The summed E-state index contributed by atoms with van der Waals surface area (Å²) in [7, 11) is 0. The van der Waals surface area contributed by atoms with E-state index >= 15 is 0 Å². The number of hydrogen-bond donors (Lipinski definition) is 5. The number of amides is 4. The molecule has 156 valence electrons. The van der Waals surface area contributed by atoms with Crippen molar-refractivity contribution in [2.24, 2.45) is 5.73 Å². The molecule has 6 N–H and O–H groups in total. The summed E-state index contributed by atoms with van der Waals surface area (Å²) in [4.78, 5) is 61.1. The van der Waals surface area contributed by atoms with Crippen molar-refractivity contribution in [2.75, 3.05) is 13.1 Å². The number of hydrogen-bond acceptors (Lipinski definition) is 6. The molecule has 2 aliphatic heterocycles. The highest BCUT2D eigenvalue weighted by molar-refractivity contribution is 5.96. The number of aliphatic carboxylic acids is 1. The Morgan fingerprint density at radius 3 is 2.46 bits per heavy atom. The van der Waals surface area contributed by atoms with Gasteiger partial charge < -0.3 is 31.7 Å². The Morgan fingerprint density at radius 1 is 1.18 bits per heavy atom. The second-order valence-corrected chi connectivity index (χ2v) is 7.14. The molecule has 0 radical (unpaired) electrons. The lowest BCUT2D eigenvalue weighted by atomic mass is 10.1. The molecule has 11 nitrogen and oxygen atoms in total. The van der Waals surface area contributed by atoms with Crippen molar-refractivity contribution >= 4 is 29.6 Å². The summed E-state index contributed by atoms with van der Waals surface area (Å²) in [6, 6.07) is -3.58. The number of carbonyl (C=O) groups excluding carboxylic acids is 4. The van der Waals surface area contributed by atoms with Gasteiger partial charge in [0.25, 0.3) is 0 Å². The minimum atomic E-state index is -1.28. The summed E-state index contributed by atoms with van der Waals surface area (Å²) >= 11 is 0. The van der Waals surface area contributed by atoms with Gasteiger partial charge in [0, 0.05) is 6.54 Å². The molecular weight excluding hydrogens is 370 g/mol. The first-order valence-electron chi connectivity index (χ1n) is 9.36. The van der Waals surface area contributed by atoms with Gasteiger partial charge in [-0.1, -0.05) is 0 Å². The average molecular weight is 397 g/mol. The van der Waals surface area contributed by atoms with Crippen LogP contribution in [0.2, 0.25) is 0 Å². The van der Waals surface area contributed by atoms with Crippen LogP contribution in [0.25, 0.3) is 0 Å². The molecular formula is C17H27N5O6. The van der Waals surface area contributed by atoms with Crippen LogP contribution in [-0.2, 0) is 24.0 Å². The van der Waals surface area contributed by atoms with Crippen LogP contribution in [0, 0.1) is 0 Å². The zero-order valence-corrected chi connectivity index (χ0v) is 15.8. The first-order valence-corrected chi connectivity index (χ1v) is 9.36. The number of carboxylic acids is 1. The first kappa shape index (κ1) is 21.6. The normalized spacial score (nSPS) is 23.7. The third kappa shape index (κ3) is 5.41. The van der Waals surface area contributed by atoms with Crippen LogP contribution in [0.1, 0.15) is 39.0 Å². The fourth-order valence-electron chi connectivity index (χ4n) is 3.47. The highest BCUT2D eigenvalue weighted by Crippen LogP contribution is 2.19. The van der Waals surface area contributed by atoms with Crippen molar-refractivity contribution in [1.82, 2.24) is 20.9 Å². The number of likely N-dealkylation sites (tertiary alicyclic amines) is 1. The number of primary amides is 1. The Labute approximate surface area is 162 Å². The number of nitrogens with zero attached hydrogens (tertiary/aromatic N) is 1. The lowest BCUT2D eigenvalue weighted by Crippen LogP contribution is -2.57. The molecule has 4 unspecified atom stereocenters. The van der Waals surface area contributed by atoms with Crippen molar-refractivity contribution in [1.29, 1.82) is 0 Å². The van der Waals surface area contributed by atoms with E-state index in [2.05, 4.69) is 16.0 Å². The van der Waals surface area contributed by atoms with Crippen LogP contribution >= 0.6 is 0 Å². The summed E-state index contributed by atoms with van der Waals surface area (Å²) in [5, 5.41) is 17.2. The van der Waals surface area contributed by atoms with Gasteiger partial charge in [0.2, 0.25) is 23.6 Å². The zero-order chi connectivity index (χ0) is 20.8. The minimum Gasteiger partial charge on any atom is -0.480 e. The maximum atomic E-state index is 12.7. The summed E-state index contributed by atoms with van der Waals surface area (Å²) in [5.74, 6) is -3.59. The van der Waals surface area contributed by atoms with Gasteiger partial charge in [-0.2, -0.15) is 0 Å². The SMILES string of the molecule is CC(NC(=O)C1CCCN1)C(=O)NC(CC(N)=O)C(=O)N1CCCC1C(=O)O. The molecule has 4 amide bonds. The molecule has 28 heavy (non-hydrogen) atoms. The maximum absolute atomic E-state index is 12.7. The van der Waals surface area contributed by atoms with Crippen molar-refractivity contribution in [3.05, 3.63) is 0 Å². The van der Waals surface area contributed by atoms with Gasteiger partial charge in [-0.15, -0.1) is 0 Å². The monoisotopic (exact) mass is 397 g/mol. The fourth-order valence-corrected chi connectivity index (χ4v) is 3.47. The Hall–Kier alpha value is -2.69. The molecule has 0 aromatic heterocycles.